The van der Waals surface area contributed by atoms with E-state index in [-0.39, 0.29) is 11.9 Å². The molecule has 0 aromatic heterocycles. The van der Waals surface area contributed by atoms with Gasteiger partial charge in [-0.05, 0) is 26.2 Å². The Morgan fingerprint density at radius 3 is 2.47 bits per heavy atom. The van der Waals surface area contributed by atoms with Crippen molar-refractivity contribution in [1.29, 1.82) is 0 Å². The molecule has 98 valence electrons. The van der Waals surface area contributed by atoms with E-state index in [4.69, 9.17) is 9.84 Å². The smallest absolute Gasteiger partial charge is 0.332 e. The van der Waals surface area contributed by atoms with Gasteiger partial charge in [-0.25, -0.2) is 4.79 Å². The van der Waals surface area contributed by atoms with Gasteiger partial charge in [0.15, 0.2) is 6.10 Å². The molecule has 0 radical (unpaired) electrons. The van der Waals surface area contributed by atoms with Gasteiger partial charge in [0.05, 0.1) is 0 Å². The Kier molecular flexibility index (Phi) is 4.93. The lowest BCUT2D eigenvalue weighted by Crippen LogP contribution is -2.42. The molecule has 3 atom stereocenters. The van der Waals surface area contributed by atoms with Crippen LogP contribution in [-0.4, -0.2) is 47.2 Å². The predicted octanol–water partition coefficient (Wildman–Crippen LogP) is 1.27. The molecule has 1 amide bonds. The summed E-state index contributed by atoms with van der Waals surface area (Å²) >= 11 is 0. The Bertz CT molecular complexity index is 292. The average Bonchev–Trinajstić information content (AvgIpc) is 2.76. The summed E-state index contributed by atoms with van der Waals surface area (Å²) in [5.74, 6) is -1.08. The second-order valence-electron chi connectivity index (χ2n) is 4.62. The van der Waals surface area contributed by atoms with Gasteiger partial charge in [0, 0.05) is 13.1 Å². The van der Waals surface area contributed by atoms with E-state index in [1.54, 1.807) is 11.9 Å². The van der Waals surface area contributed by atoms with Crippen LogP contribution in [0.2, 0.25) is 0 Å². The first-order valence-electron chi connectivity index (χ1n) is 6.12. The van der Waals surface area contributed by atoms with Crippen molar-refractivity contribution < 1.29 is 19.4 Å². The van der Waals surface area contributed by atoms with Crippen molar-refractivity contribution in [3.8, 4) is 0 Å². The lowest BCUT2D eigenvalue weighted by molar-refractivity contribution is -0.155. The van der Waals surface area contributed by atoms with E-state index in [9.17, 15) is 9.59 Å². The predicted molar refractivity (Wildman–Crippen MR) is 62.7 cm³/mol. The largest absolute Gasteiger partial charge is 0.479 e. The third kappa shape index (κ3) is 3.43. The van der Waals surface area contributed by atoms with Crippen LogP contribution < -0.4 is 0 Å². The van der Waals surface area contributed by atoms with Gasteiger partial charge in [0.2, 0.25) is 0 Å². The second kappa shape index (κ2) is 6.00. The SMILES string of the molecule is CCCC(C)N(C)C(=O)[C@@H]1CC[C@H](C(=O)O)O1. The number of carboxylic acids is 1. The van der Waals surface area contributed by atoms with E-state index in [1.807, 2.05) is 6.92 Å². The molecule has 0 aromatic carbocycles. The molecule has 1 aliphatic heterocycles. The van der Waals surface area contributed by atoms with Crippen molar-refractivity contribution in [1.82, 2.24) is 4.90 Å². The summed E-state index contributed by atoms with van der Waals surface area (Å²) in [7, 11) is 1.75. The van der Waals surface area contributed by atoms with E-state index < -0.39 is 18.2 Å². The third-order valence-corrected chi connectivity index (χ3v) is 3.29. The minimum Gasteiger partial charge on any atom is -0.479 e. The maximum absolute atomic E-state index is 12.0. The maximum Gasteiger partial charge on any atom is 0.332 e. The molecule has 0 aromatic rings. The van der Waals surface area contributed by atoms with Crippen LogP contribution in [0.1, 0.15) is 39.5 Å². The van der Waals surface area contributed by atoms with Gasteiger partial charge in [-0.15, -0.1) is 0 Å². The molecule has 0 spiro atoms. The van der Waals surface area contributed by atoms with Gasteiger partial charge in [0.25, 0.3) is 5.91 Å². The molecule has 0 saturated carbocycles. The lowest BCUT2D eigenvalue weighted by atomic mass is 10.1. The summed E-state index contributed by atoms with van der Waals surface area (Å²) in [5, 5.41) is 8.79. The number of nitrogens with zero attached hydrogens (tertiary/aromatic N) is 1. The van der Waals surface area contributed by atoms with Crippen LogP contribution in [-0.2, 0) is 14.3 Å². The number of carbonyl (C=O) groups is 2. The number of carbonyl (C=O) groups excluding carboxylic acids is 1. The van der Waals surface area contributed by atoms with Crippen molar-refractivity contribution in [2.24, 2.45) is 0 Å². The summed E-state index contributed by atoms with van der Waals surface area (Å²) in [6.07, 6.45) is 1.47. The number of ether oxygens (including phenoxy) is 1. The number of carboxylic acid groups (broad SMARTS) is 1. The normalized spacial score (nSPS) is 25.6. The highest BCUT2D eigenvalue weighted by atomic mass is 16.5. The van der Waals surface area contributed by atoms with E-state index in [0.29, 0.717) is 12.8 Å². The summed E-state index contributed by atoms with van der Waals surface area (Å²) in [6, 6.07) is 0.167. The van der Waals surface area contributed by atoms with E-state index >= 15 is 0 Å². The molecule has 5 heteroatoms. The van der Waals surface area contributed by atoms with Crippen LogP contribution in [0.3, 0.4) is 0 Å². The van der Waals surface area contributed by atoms with E-state index in [1.165, 1.54) is 0 Å². The zero-order valence-corrected chi connectivity index (χ0v) is 10.7. The molecule has 1 heterocycles. The van der Waals surface area contributed by atoms with Gasteiger partial charge in [-0.2, -0.15) is 0 Å². The Hall–Kier alpha value is -1.10. The summed E-state index contributed by atoms with van der Waals surface area (Å²) in [4.78, 5) is 24.4. The average molecular weight is 243 g/mol. The fourth-order valence-electron chi connectivity index (χ4n) is 2.06. The Balaban J connectivity index is 2.51. The lowest BCUT2D eigenvalue weighted by Gasteiger charge is -2.27. The van der Waals surface area contributed by atoms with Crippen LogP contribution in [0, 0.1) is 0 Å². The van der Waals surface area contributed by atoms with Crippen LogP contribution >= 0.6 is 0 Å². The second-order valence-corrected chi connectivity index (χ2v) is 4.62. The fraction of sp³-hybridized carbons (Fsp3) is 0.833. The standard InChI is InChI=1S/C12H21NO4/c1-4-5-8(2)13(3)11(14)9-6-7-10(17-9)12(15)16/h8-10H,4-7H2,1-3H3,(H,15,16)/t8?,9-,10+/m0/s1. The first-order valence-corrected chi connectivity index (χ1v) is 6.12. The minimum absolute atomic E-state index is 0.102. The quantitative estimate of drug-likeness (QED) is 0.789. The minimum atomic E-state index is -0.982. The summed E-state index contributed by atoms with van der Waals surface area (Å²) in [6.45, 7) is 4.06. The van der Waals surface area contributed by atoms with Crippen molar-refractivity contribution in [2.45, 2.75) is 57.8 Å². The summed E-state index contributed by atoms with van der Waals surface area (Å²) in [5.41, 5.74) is 0. The highest BCUT2D eigenvalue weighted by Crippen LogP contribution is 2.22. The van der Waals surface area contributed by atoms with Gasteiger partial charge < -0.3 is 14.7 Å². The van der Waals surface area contributed by atoms with Crippen molar-refractivity contribution in [2.75, 3.05) is 7.05 Å². The van der Waals surface area contributed by atoms with Gasteiger partial charge in [0.1, 0.15) is 6.10 Å². The number of aliphatic carboxylic acids is 1. The van der Waals surface area contributed by atoms with Gasteiger partial charge in [-0.1, -0.05) is 13.3 Å². The maximum atomic E-state index is 12.0. The molecule has 5 nitrogen and oxygen atoms in total. The highest BCUT2D eigenvalue weighted by molar-refractivity contribution is 5.82. The van der Waals surface area contributed by atoms with Crippen LogP contribution in [0.5, 0.6) is 0 Å². The monoisotopic (exact) mass is 243 g/mol. The molecule has 1 N–H and O–H groups in total. The number of hydrogen-bond donors (Lipinski definition) is 1. The van der Waals surface area contributed by atoms with E-state index in [0.717, 1.165) is 12.8 Å². The van der Waals surface area contributed by atoms with Gasteiger partial charge in [-0.3, -0.25) is 4.79 Å². The first-order chi connectivity index (χ1) is 7.97. The zero-order valence-electron chi connectivity index (χ0n) is 10.7. The molecular formula is C12H21NO4. The number of rotatable bonds is 5. The van der Waals surface area contributed by atoms with Crippen molar-refractivity contribution in [3.05, 3.63) is 0 Å². The molecule has 17 heavy (non-hydrogen) atoms. The molecule has 1 rings (SSSR count). The number of hydrogen-bond acceptors (Lipinski definition) is 3. The van der Waals surface area contributed by atoms with Gasteiger partial charge >= 0.3 is 5.97 Å². The molecule has 0 bridgehead atoms. The van der Waals surface area contributed by atoms with Crippen molar-refractivity contribution in [3.63, 3.8) is 0 Å². The third-order valence-electron chi connectivity index (χ3n) is 3.29. The molecular weight excluding hydrogens is 222 g/mol. The number of amides is 1. The molecule has 1 unspecified atom stereocenters. The molecule has 1 fully saturated rings. The number of likely N-dealkylation sites (N-methyl/N-ethyl adjacent to an activating group) is 1. The first kappa shape index (κ1) is 14.0. The Morgan fingerprint density at radius 2 is 2.00 bits per heavy atom. The fourth-order valence-corrected chi connectivity index (χ4v) is 2.06. The molecule has 1 saturated heterocycles. The van der Waals surface area contributed by atoms with Crippen molar-refractivity contribution >= 4 is 11.9 Å². The molecule has 0 aliphatic carbocycles. The van der Waals surface area contributed by atoms with Crippen LogP contribution in [0.25, 0.3) is 0 Å². The zero-order chi connectivity index (χ0) is 13.0. The van der Waals surface area contributed by atoms with Crippen LogP contribution in [0.15, 0.2) is 0 Å². The topological polar surface area (TPSA) is 66.8 Å². The molecule has 1 aliphatic rings. The highest BCUT2D eigenvalue weighted by Gasteiger charge is 2.36. The van der Waals surface area contributed by atoms with E-state index in [2.05, 4.69) is 6.92 Å². The van der Waals surface area contributed by atoms with Crippen LogP contribution in [0.4, 0.5) is 0 Å². The Morgan fingerprint density at radius 1 is 1.41 bits per heavy atom. The summed E-state index contributed by atoms with van der Waals surface area (Å²) < 4.78 is 5.24. The Labute approximate surface area is 102 Å².